The minimum Gasteiger partial charge on any atom is -0.464 e. The number of hydrogen-bond acceptors (Lipinski definition) is 1. The van der Waals surface area contributed by atoms with Crippen LogP contribution in [0.5, 0.6) is 0 Å². The van der Waals surface area contributed by atoms with E-state index in [-0.39, 0.29) is 0 Å². The van der Waals surface area contributed by atoms with E-state index in [1.165, 1.54) is 16.7 Å². The summed E-state index contributed by atoms with van der Waals surface area (Å²) in [4.78, 5) is 0. The summed E-state index contributed by atoms with van der Waals surface area (Å²) in [5.41, 5.74) is 4.94. The molecular formula is C18H16O. The van der Waals surface area contributed by atoms with E-state index in [9.17, 15) is 0 Å². The van der Waals surface area contributed by atoms with Crippen molar-refractivity contribution in [2.45, 2.75) is 13.3 Å². The van der Waals surface area contributed by atoms with Gasteiger partial charge in [-0.1, -0.05) is 60.7 Å². The third-order valence-corrected chi connectivity index (χ3v) is 3.36. The fourth-order valence-electron chi connectivity index (χ4n) is 2.32. The van der Waals surface area contributed by atoms with E-state index in [0.717, 1.165) is 17.7 Å². The summed E-state index contributed by atoms with van der Waals surface area (Å²) in [6, 6.07) is 20.8. The minimum absolute atomic E-state index is 0.910. The molecule has 1 heterocycles. The predicted octanol–water partition coefficient (Wildman–Crippen LogP) is 4.85. The van der Waals surface area contributed by atoms with Crippen LogP contribution < -0.4 is 0 Å². The number of furan rings is 1. The van der Waals surface area contributed by atoms with Gasteiger partial charge in [-0.05, 0) is 18.1 Å². The molecule has 3 rings (SSSR count). The topological polar surface area (TPSA) is 13.1 Å². The normalized spacial score (nSPS) is 10.6. The average Bonchev–Trinajstić information content (AvgIpc) is 2.82. The van der Waals surface area contributed by atoms with Gasteiger partial charge in [0.2, 0.25) is 0 Å². The summed E-state index contributed by atoms with van der Waals surface area (Å²) in [5, 5.41) is 0. The first-order chi connectivity index (χ1) is 9.34. The molecular weight excluding hydrogens is 232 g/mol. The van der Waals surface area contributed by atoms with Gasteiger partial charge < -0.3 is 4.42 Å². The van der Waals surface area contributed by atoms with Crippen LogP contribution in [0.4, 0.5) is 0 Å². The zero-order valence-electron chi connectivity index (χ0n) is 11.0. The van der Waals surface area contributed by atoms with E-state index < -0.39 is 0 Å². The van der Waals surface area contributed by atoms with Crippen molar-refractivity contribution in [3.05, 3.63) is 83.6 Å². The predicted molar refractivity (Wildman–Crippen MR) is 78.1 cm³/mol. The Hall–Kier alpha value is -2.28. The summed E-state index contributed by atoms with van der Waals surface area (Å²) in [6.07, 6.45) is 2.76. The molecule has 0 atom stereocenters. The molecule has 2 aromatic carbocycles. The van der Waals surface area contributed by atoms with Gasteiger partial charge >= 0.3 is 0 Å². The molecule has 0 saturated heterocycles. The van der Waals surface area contributed by atoms with Crippen LogP contribution >= 0.6 is 0 Å². The minimum atomic E-state index is 0.910. The first-order valence-electron chi connectivity index (χ1n) is 6.51. The van der Waals surface area contributed by atoms with Crippen LogP contribution in [0.15, 0.2) is 71.3 Å². The summed E-state index contributed by atoms with van der Waals surface area (Å²) in [5.74, 6) is 0.988. The van der Waals surface area contributed by atoms with E-state index >= 15 is 0 Å². The van der Waals surface area contributed by atoms with Crippen molar-refractivity contribution in [3.63, 3.8) is 0 Å². The average molecular weight is 248 g/mol. The molecule has 0 saturated carbocycles. The summed E-state index contributed by atoms with van der Waals surface area (Å²) < 4.78 is 5.75. The number of hydrogen-bond donors (Lipinski definition) is 0. The lowest BCUT2D eigenvalue weighted by Crippen LogP contribution is -1.90. The number of rotatable bonds is 3. The summed E-state index contributed by atoms with van der Waals surface area (Å²) >= 11 is 0. The van der Waals surface area contributed by atoms with Crippen LogP contribution in [0.3, 0.4) is 0 Å². The molecule has 0 aliphatic carbocycles. The fraction of sp³-hybridized carbons (Fsp3) is 0.111. The smallest absolute Gasteiger partial charge is 0.137 e. The fourth-order valence-corrected chi connectivity index (χ4v) is 2.32. The summed E-state index contributed by atoms with van der Waals surface area (Å²) in [7, 11) is 0. The van der Waals surface area contributed by atoms with Crippen molar-refractivity contribution in [3.8, 4) is 11.3 Å². The van der Waals surface area contributed by atoms with Gasteiger partial charge in [-0.3, -0.25) is 0 Å². The van der Waals surface area contributed by atoms with Gasteiger partial charge in [0.15, 0.2) is 0 Å². The lowest BCUT2D eigenvalue weighted by molar-refractivity contribution is 0.578. The Morgan fingerprint density at radius 2 is 1.47 bits per heavy atom. The van der Waals surface area contributed by atoms with Crippen molar-refractivity contribution >= 4 is 0 Å². The molecule has 0 aliphatic heterocycles. The van der Waals surface area contributed by atoms with Gasteiger partial charge in [0, 0.05) is 17.5 Å². The Morgan fingerprint density at radius 3 is 2.16 bits per heavy atom. The highest BCUT2D eigenvalue weighted by Gasteiger charge is 2.12. The maximum absolute atomic E-state index is 5.75. The molecule has 0 N–H and O–H groups in total. The molecule has 0 bridgehead atoms. The molecule has 3 aromatic rings. The van der Waals surface area contributed by atoms with Gasteiger partial charge in [-0.2, -0.15) is 0 Å². The Labute approximate surface area is 113 Å². The van der Waals surface area contributed by atoms with Gasteiger partial charge in [0.1, 0.15) is 5.76 Å². The maximum Gasteiger partial charge on any atom is 0.137 e. The maximum atomic E-state index is 5.75. The standard InChI is InChI=1S/C18H16O/c1-14-13-19-18(16-10-6-3-7-11-16)17(14)12-15-8-4-2-5-9-15/h2-11,13H,12H2,1H3. The van der Waals surface area contributed by atoms with E-state index in [1.807, 2.05) is 30.5 Å². The summed E-state index contributed by atoms with van der Waals surface area (Å²) in [6.45, 7) is 2.11. The molecule has 0 fully saturated rings. The van der Waals surface area contributed by atoms with Crippen molar-refractivity contribution in [2.75, 3.05) is 0 Å². The second-order valence-corrected chi connectivity index (χ2v) is 4.75. The second-order valence-electron chi connectivity index (χ2n) is 4.75. The number of benzene rings is 2. The monoisotopic (exact) mass is 248 g/mol. The third kappa shape index (κ3) is 2.45. The molecule has 19 heavy (non-hydrogen) atoms. The Balaban J connectivity index is 2.00. The van der Waals surface area contributed by atoms with Crippen LogP contribution in [0.1, 0.15) is 16.7 Å². The molecule has 0 spiro atoms. The molecule has 0 radical (unpaired) electrons. The second kappa shape index (κ2) is 5.15. The SMILES string of the molecule is Cc1coc(-c2ccccc2)c1Cc1ccccc1. The third-order valence-electron chi connectivity index (χ3n) is 3.36. The van der Waals surface area contributed by atoms with Crippen molar-refractivity contribution < 1.29 is 4.42 Å². The lowest BCUT2D eigenvalue weighted by atomic mass is 9.99. The molecule has 1 nitrogen and oxygen atoms in total. The van der Waals surface area contributed by atoms with Crippen LogP contribution in [-0.2, 0) is 6.42 Å². The molecule has 1 heteroatoms. The van der Waals surface area contributed by atoms with Crippen LogP contribution in [0.25, 0.3) is 11.3 Å². The first-order valence-corrected chi connectivity index (χ1v) is 6.51. The number of aryl methyl sites for hydroxylation is 1. The first kappa shape index (κ1) is 11.8. The van der Waals surface area contributed by atoms with Gasteiger partial charge in [-0.25, -0.2) is 0 Å². The van der Waals surface area contributed by atoms with Gasteiger partial charge in [0.05, 0.1) is 6.26 Å². The highest BCUT2D eigenvalue weighted by Crippen LogP contribution is 2.29. The molecule has 94 valence electrons. The van der Waals surface area contributed by atoms with Crippen molar-refractivity contribution in [1.29, 1.82) is 0 Å². The molecule has 0 unspecified atom stereocenters. The largest absolute Gasteiger partial charge is 0.464 e. The van der Waals surface area contributed by atoms with Gasteiger partial charge in [0.25, 0.3) is 0 Å². The zero-order valence-corrected chi connectivity index (χ0v) is 11.0. The Bertz CT molecular complexity index is 651. The highest BCUT2D eigenvalue weighted by atomic mass is 16.3. The lowest BCUT2D eigenvalue weighted by Gasteiger charge is -2.04. The Morgan fingerprint density at radius 1 is 0.842 bits per heavy atom. The van der Waals surface area contributed by atoms with Crippen molar-refractivity contribution in [2.24, 2.45) is 0 Å². The molecule has 0 amide bonds. The quantitative estimate of drug-likeness (QED) is 0.646. The van der Waals surface area contributed by atoms with Crippen molar-refractivity contribution in [1.82, 2.24) is 0 Å². The zero-order chi connectivity index (χ0) is 13.1. The van der Waals surface area contributed by atoms with Crippen LogP contribution in [0.2, 0.25) is 0 Å². The van der Waals surface area contributed by atoms with E-state index in [4.69, 9.17) is 4.42 Å². The van der Waals surface area contributed by atoms with Crippen LogP contribution in [0, 0.1) is 6.92 Å². The Kier molecular flexibility index (Phi) is 3.20. The van der Waals surface area contributed by atoms with E-state index in [1.54, 1.807) is 0 Å². The van der Waals surface area contributed by atoms with Gasteiger partial charge in [-0.15, -0.1) is 0 Å². The van der Waals surface area contributed by atoms with E-state index in [0.29, 0.717) is 0 Å². The molecule has 1 aromatic heterocycles. The molecule has 0 aliphatic rings. The van der Waals surface area contributed by atoms with Crippen LogP contribution in [-0.4, -0.2) is 0 Å². The van der Waals surface area contributed by atoms with E-state index in [2.05, 4.69) is 43.3 Å². The highest BCUT2D eigenvalue weighted by molar-refractivity contribution is 5.63.